The highest BCUT2D eigenvalue weighted by Crippen LogP contribution is 2.21. The number of nitrogens with one attached hydrogen (secondary N) is 1. The fraction of sp³-hybridized carbons (Fsp3) is 0.158. The first-order valence-corrected chi connectivity index (χ1v) is 7.55. The van der Waals surface area contributed by atoms with E-state index in [4.69, 9.17) is 9.47 Å². The van der Waals surface area contributed by atoms with Crippen LogP contribution in [0.5, 0.6) is 11.5 Å². The van der Waals surface area contributed by atoms with Crippen LogP contribution in [0.4, 0.5) is 0 Å². The van der Waals surface area contributed by atoms with Gasteiger partial charge in [0.25, 0.3) is 5.56 Å². The number of nitrogens with zero attached hydrogens (tertiary/aromatic N) is 1. The molecule has 0 radical (unpaired) electrons. The third kappa shape index (κ3) is 3.46. The van der Waals surface area contributed by atoms with Crippen LogP contribution in [0, 0.1) is 0 Å². The van der Waals surface area contributed by atoms with Gasteiger partial charge in [0.15, 0.2) is 0 Å². The number of rotatable bonds is 5. The summed E-state index contributed by atoms with van der Waals surface area (Å²) < 4.78 is 10.3. The van der Waals surface area contributed by atoms with Crippen molar-refractivity contribution >= 4 is 0 Å². The van der Waals surface area contributed by atoms with Gasteiger partial charge in [-0.1, -0.05) is 12.1 Å². The van der Waals surface area contributed by atoms with Crippen molar-refractivity contribution in [3.63, 3.8) is 0 Å². The van der Waals surface area contributed by atoms with Crippen LogP contribution in [0.25, 0.3) is 11.3 Å². The molecule has 0 bridgehead atoms. The maximum Gasteiger partial charge on any atom is 0.267 e. The molecule has 3 rings (SSSR count). The number of aromatic nitrogens is 2. The SMILES string of the molecule is COc1ccc(Cc2cc(-c3ccc(OC)cc3)n[nH]c2=O)cc1. The van der Waals surface area contributed by atoms with Gasteiger partial charge in [0.1, 0.15) is 11.5 Å². The average molecular weight is 322 g/mol. The zero-order valence-electron chi connectivity index (χ0n) is 13.6. The van der Waals surface area contributed by atoms with Crippen LogP contribution in [0.15, 0.2) is 59.4 Å². The quantitative estimate of drug-likeness (QED) is 0.784. The summed E-state index contributed by atoms with van der Waals surface area (Å²) in [5, 5.41) is 6.71. The van der Waals surface area contributed by atoms with E-state index >= 15 is 0 Å². The predicted molar refractivity (Wildman–Crippen MR) is 92.6 cm³/mol. The average Bonchev–Trinajstić information content (AvgIpc) is 2.64. The van der Waals surface area contributed by atoms with Crippen LogP contribution in [0.1, 0.15) is 11.1 Å². The van der Waals surface area contributed by atoms with Gasteiger partial charge in [-0.3, -0.25) is 4.79 Å². The molecule has 0 saturated carbocycles. The largest absolute Gasteiger partial charge is 0.497 e. The van der Waals surface area contributed by atoms with E-state index in [9.17, 15) is 4.79 Å². The maximum atomic E-state index is 12.1. The van der Waals surface area contributed by atoms with Crippen molar-refractivity contribution in [3.8, 4) is 22.8 Å². The predicted octanol–water partition coefficient (Wildman–Crippen LogP) is 3.04. The van der Waals surface area contributed by atoms with E-state index in [-0.39, 0.29) is 5.56 Å². The molecule has 122 valence electrons. The van der Waals surface area contributed by atoms with Crippen molar-refractivity contribution < 1.29 is 9.47 Å². The van der Waals surface area contributed by atoms with Gasteiger partial charge in [0, 0.05) is 17.5 Å². The second kappa shape index (κ2) is 7.00. The Kier molecular flexibility index (Phi) is 4.61. The number of methoxy groups -OCH3 is 2. The number of ether oxygens (including phenoxy) is 2. The lowest BCUT2D eigenvalue weighted by atomic mass is 10.0. The second-order valence-electron chi connectivity index (χ2n) is 5.36. The number of hydrogen-bond acceptors (Lipinski definition) is 4. The topological polar surface area (TPSA) is 64.2 Å². The molecule has 1 aromatic heterocycles. The van der Waals surface area contributed by atoms with Crippen LogP contribution in [0.3, 0.4) is 0 Å². The molecule has 0 aliphatic carbocycles. The van der Waals surface area contributed by atoms with E-state index < -0.39 is 0 Å². The van der Waals surface area contributed by atoms with Crippen LogP contribution >= 0.6 is 0 Å². The molecule has 1 heterocycles. The highest BCUT2D eigenvalue weighted by Gasteiger charge is 2.07. The van der Waals surface area contributed by atoms with E-state index in [0.717, 1.165) is 28.3 Å². The summed E-state index contributed by atoms with van der Waals surface area (Å²) in [7, 11) is 3.25. The lowest BCUT2D eigenvalue weighted by Crippen LogP contribution is -2.15. The Morgan fingerprint density at radius 2 is 1.50 bits per heavy atom. The molecule has 5 heteroatoms. The first kappa shape index (κ1) is 15.8. The third-order valence-electron chi connectivity index (χ3n) is 3.82. The van der Waals surface area contributed by atoms with E-state index in [0.29, 0.717) is 12.0 Å². The molecule has 1 N–H and O–H groups in total. The summed E-state index contributed by atoms with van der Waals surface area (Å²) in [4.78, 5) is 12.1. The summed E-state index contributed by atoms with van der Waals surface area (Å²) in [6.45, 7) is 0. The van der Waals surface area contributed by atoms with Crippen molar-refractivity contribution in [3.05, 3.63) is 76.1 Å². The highest BCUT2D eigenvalue weighted by molar-refractivity contribution is 5.60. The van der Waals surface area contributed by atoms with E-state index in [1.54, 1.807) is 14.2 Å². The minimum absolute atomic E-state index is 0.178. The molecule has 0 fully saturated rings. The molecule has 5 nitrogen and oxygen atoms in total. The summed E-state index contributed by atoms with van der Waals surface area (Å²) in [5.41, 5.74) is 3.17. The van der Waals surface area contributed by atoms with Crippen LogP contribution in [0.2, 0.25) is 0 Å². The van der Waals surface area contributed by atoms with Gasteiger partial charge in [-0.2, -0.15) is 5.10 Å². The van der Waals surface area contributed by atoms with Crippen LogP contribution in [-0.2, 0) is 6.42 Å². The van der Waals surface area contributed by atoms with Gasteiger partial charge < -0.3 is 9.47 Å². The van der Waals surface area contributed by atoms with Crippen molar-refractivity contribution in [1.82, 2.24) is 10.2 Å². The first-order valence-electron chi connectivity index (χ1n) is 7.55. The molecule has 0 aliphatic rings. The standard InChI is InChI=1S/C19H18N2O3/c1-23-16-7-3-13(4-8-16)11-15-12-18(20-21-19(15)22)14-5-9-17(24-2)10-6-14/h3-10,12H,11H2,1-2H3,(H,21,22). The molecule has 0 amide bonds. The molecule has 0 unspecified atom stereocenters. The number of H-pyrrole nitrogens is 1. The summed E-state index contributed by atoms with van der Waals surface area (Å²) >= 11 is 0. The Hall–Kier alpha value is -3.08. The molecular weight excluding hydrogens is 304 g/mol. The third-order valence-corrected chi connectivity index (χ3v) is 3.82. The van der Waals surface area contributed by atoms with Crippen molar-refractivity contribution in [1.29, 1.82) is 0 Å². The van der Waals surface area contributed by atoms with Crippen molar-refractivity contribution in [2.75, 3.05) is 14.2 Å². The number of aromatic amines is 1. The van der Waals surface area contributed by atoms with E-state index in [2.05, 4.69) is 10.2 Å². The normalized spacial score (nSPS) is 10.4. The fourth-order valence-electron chi connectivity index (χ4n) is 2.45. The molecule has 2 aromatic carbocycles. The molecule has 3 aromatic rings. The maximum absolute atomic E-state index is 12.1. The molecule has 24 heavy (non-hydrogen) atoms. The van der Waals surface area contributed by atoms with Gasteiger partial charge in [0.05, 0.1) is 19.9 Å². The Bertz CT molecular complexity index is 868. The second-order valence-corrected chi connectivity index (χ2v) is 5.36. The van der Waals surface area contributed by atoms with E-state index in [1.165, 1.54) is 0 Å². The summed E-state index contributed by atoms with van der Waals surface area (Å²) in [6.07, 6.45) is 0.533. The minimum Gasteiger partial charge on any atom is -0.497 e. The Balaban J connectivity index is 1.88. The lowest BCUT2D eigenvalue weighted by molar-refractivity contribution is 0.414. The number of hydrogen-bond donors (Lipinski definition) is 1. The van der Waals surface area contributed by atoms with Gasteiger partial charge in [-0.05, 0) is 48.0 Å². The lowest BCUT2D eigenvalue weighted by Gasteiger charge is -2.06. The first-order chi connectivity index (χ1) is 11.7. The molecule has 0 spiro atoms. The fourth-order valence-corrected chi connectivity index (χ4v) is 2.45. The smallest absolute Gasteiger partial charge is 0.267 e. The van der Waals surface area contributed by atoms with Gasteiger partial charge in [-0.15, -0.1) is 0 Å². The van der Waals surface area contributed by atoms with Gasteiger partial charge in [0.2, 0.25) is 0 Å². The highest BCUT2D eigenvalue weighted by atomic mass is 16.5. The van der Waals surface area contributed by atoms with E-state index in [1.807, 2.05) is 54.6 Å². The molecular formula is C19H18N2O3. The Morgan fingerprint density at radius 1 is 0.917 bits per heavy atom. The summed E-state index contributed by atoms with van der Waals surface area (Å²) in [6, 6.07) is 17.1. The zero-order chi connectivity index (χ0) is 16.9. The minimum atomic E-state index is -0.178. The Labute approximate surface area is 139 Å². The number of benzene rings is 2. The molecule has 0 atom stereocenters. The van der Waals surface area contributed by atoms with Crippen molar-refractivity contribution in [2.45, 2.75) is 6.42 Å². The zero-order valence-corrected chi connectivity index (χ0v) is 13.6. The molecule has 0 saturated heterocycles. The van der Waals surface area contributed by atoms with Crippen LogP contribution < -0.4 is 15.0 Å². The Morgan fingerprint density at radius 3 is 2.08 bits per heavy atom. The van der Waals surface area contributed by atoms with Gasteiger partial charge in [-0.25, -0.2) is 5.10 Å². The van der Waals surface area contributed by atoms with Crippen molar-refractivity contribution in [2.24, 2.45) is 0 Å². The van der Waals surface area contributed by atoms with Gasteiger partial charge >= 0.3 is 0 Å². The summed E-state index contributed by atoms with van der Waals surface area (Å²) in [5.74, 6) is 1.57. The van der Waals surface area contributed by atoms with Crippen LogP contribution in [-0.4, -0.2) is 24.4 Å². The molecule has 0 aliphatic heterocycles. The monoisotopic (exact) mass is 322 g/mol.